The van der Waals surface area contributed by atoms with Gasteiger partial charge < -0.3 is 22.9 Å². The predicted octanol–water partition coefficient (Wildman–Crippen LogP) is 4.68. The van der Waals surface area contributed by atoms with Crippen LogP contribution in [-0.4, -0.2) is 20.4 Å². The van der Waals surface area contributed by atoms with Gasteiger partial charge in [0.2, 0.25) is 5.95 Å². The molecule has 0 aliphatic heterocycles. The number of carbonyl (C=O) groups excluding carboxylic acids is 1. The van der Waals surface area contributed by atoms with Crippen molar-refractivity contribution < 1.29 is 4.79 Å². The molecule has 2 heterocycles. The molecule has 41 heavy (non-hydrogen) atoms. The summed E-state index contributed by atoms with van der Waals surface area (Å²) in [4.78, 5) is 21.7. The van der Waals surface area contributed by atoms with E-state index < -0.39 is 5.91 Å². The van der Waals surface area contributed by atoms with Crippen molar-refractivity contribution in [2.24, 2.45) is 5.73 Å². The van der Waals surface area contributed by atoms with Crippen molar-refractivity contribution >= 4 is 34.8 Å². The fourth-order valence-corrected chi connectivity index (χ4v) is 4.54. The Balaban J connectivity index is 1.96. The van der Waals surface area contributed by atoms with Crippen LogP contribution in [0.25, 0.3) is 22.6 Å². The van der Waals surface area contributed by atoms with Crippen LogP contribution in [-0.2, 0) is 0 Å². The average molecular weight is 558 g/mol. The van der Waals surface area contributed by atoms with Crippen molar-refractivity contribution in [2.45, 2.75) is 6.92 Å². The second-order valence-corrected chi connectivity index (χ2v) is 9.50. The number of primary amides is 1. The van der Waals surface area contributed by atoms with Crippen LogP contribution < -0.4 is 22.9 Å². The molecule has 0 saturated carbocycles. The number of hydrogen-bond donors (Lipinski definition) is 4. The third-order valence-corrected chi connectivity index (χ3v) is 6.57. The fraction of sp³-hybridized carbons (Fsp3) is 0.0312. The summed E-state index contributed by atoms with van der Waals surface area (Å²) in [5, 5.41) is 0.464. The number of anilines is 3. The number of nitrogens with zero attached hydrogens (tertiary/aromatic N) is 3. The SMILES string of the molecule is Cc1ccc(Cl)cc1-c1c(C(N)=O)c(C#Cc2ccccc2N)c(-c2ccnc(N)n2)n1C#Cc1ccccc1N. The Bertz CT molecular complexity index is 1950. The first kappa shape index (κ1) is 26.9. The number of benzene rings is 3. The minimum absolute atomic E-state index is 0.0304. The van der Waals surface area contributed by atoms with Gasteiger partial charge in [-0.25, -0.2) is 9.97 Å². The molecule has 0 bridgehead atoms. The number of para-hydroxylation sites is 2. The second-order valence-electron chi connectivity index (χ2n) is 9.07. The summed E-state index contributed by atoms with van der Waals surface area (Å²) in [7, 11) is 0. The van der Waals surface area contributed by atoms with Gasteiger partial charge in [-0.2, -0.15) is 0 Å². The van der Waals surface area contributed by atoms with Gasteiger partial charge in [0.15, 0.2) is 0 Å². The number of aromatic nitrogens is 3. The van der Waals surface area contributed by atoms with Crippen molar-refractivity contribution in [3.05, 3.63) is 112 Å². The van der Waals surface area contributed by atoms with E-state index in [0.717, 1.165) is 5.56 Å². The Kier molecular flexibility index (Phi) is 7.34. The van der Waals surface area contributed by atoms with Crippen LogP contribution in [0.15, 0.2) is 79.0 Å². The smallest absolute Gasteiger partial charge is 0.252 e. The number of rotatable bonds is 3. The minimum Gasteiger partial charge on any atom is -0.398 e. The molecule has 1 amide bonds. The van der Waals surface area contributed by atoms with Gasteiger partial charge in [0.25, 0.3) is 5.91 Å². The van der Waals surface area contributed by atoms with Gasteiger partial charge >= 0.3 is 0 Å². The van der Waals surface area contributed by atoms with Crippen molar-refractivity contribution in [3.8, 4) is 46.5 Å². The molecular weight excluding hydrogens is 534 g/mol. The van der Waals surface area contributed by atoms with Crippen LogP contribution >= 0.6 is 11.6 Å². The molecule has 2 aromatic heterocycles. The Hall–Kier alpha value is -5.70. The van der Waals surface area contributed by atoms with Crippen LogP contribution in [0.1, 0.15) is 32.6 Å². The van der Waals surface area contributed by atoms with Crippen LogP contribution in [0.3, 0.4) is 0 Å². The zero-order chi connectivity index (χ0) is 29.1. The third-order valence-electron chi connectivity index (χ3n) is 6.33. The Morgan fingerprint density at radius 2 is 1.51 bits per heavy atom. The molecule has 0 aliphatic rings. The number of nitrogen functional groups attached to an aromatic ring is 3. The van der Waals surface area contributed by atoms with Gasteiger partial charge in [0, 0.05) is 45.3 Å². The van der Waals surface area contributed by atoms with Crippen molar-refractivity contribution in [3.63, 3.8) is 0 Å². The summed E-state index contributed by atoms with van der Waals surface area (Å²) in [6, 6.07) is 24.5. The van der Waals surface area contributed by atoms with E-state index in [1.165, 1.54) is 6.20 Å². The standard InChI is InChI=1S/C32H24ClN7O/c1-19-10-12-22(33)18-24(19)30-28(31(36)41)23(13-11-20-6-2-4-8-25(20)34)29(27-14-16-38-32(37)39-27)40(30)17-15-21-7-3-5-9-26(21)35/h2-10,12,14,16,18H,34-35H2,1H3,(H2,36,41)(H2,37,38,39). The molecule has 9 heteroatoms. The zero-order valence-electron chi connectivity index (χ0n) is 21.9. The average Bonchev–Trinajstić information content (AvgIpc) is 3.27. The molecule has 0 aliphatic carbocycles. The summed E-state index contributed by atoms with van der Waals surface area (Å²) in [5.74, 6) is 8.66. The molecule has 0 fully saturated rings. The fourth-order valence-electron chi connectivity index (χ4n) is 4.37. The summed E-state index contributed by atoms with van der Waals surface area (Å²) < 4.78 is 1.63. The number of halogens is 1. The summed E-state index contributed by atoms with van der Waals surface area (Å²) in [6.07, 6.45) is 1.51. The van der Waals surface area contributed by atoms with Crippen LogP contribution in [0, 0.1) is 30.7 Å². The van der Waals surface area contributed by atoms with E-state index in [4.69, 9.17) is 34.5 Å². The topological polar surface area (TPSA) is 152 Å². The monoisotopic (exact) mass is 557 g/mol. The van der Waals surface area contributed by atoms with Crippen molar-refractivity contribution in [2.75, 3.05) is 17.2 Å². The highest BCUT2D eigenvalue weighted by atomic mass is 35.5. The number of carbonyl (C=O) groups is 1. The minimum atomic E-state index is -0.715. The van der Waals surface area contributed by atoms with Gasteiger partial charge in [0.1, 0.15) is 0 Å². The molecule has 3 aromatic carbocycles. The Morgan fingerprint density at radius 3 is 2.15 bits per heavy atom. The Labute approximate surface area is 242 Å². The van der Waals surface area contributed by atoms with Crippen LogP contribution in [0.2, 0.25) is 5.02 Å². The summed E-state index contributed by atoms with van der Waals surface area (Å²) in [5.41, 5.74) is 29.6. The van der Waals surface area contributed by atoms with Crippen molar-refractivity contribution in [1.82, 2.24) is 14.5 Å². The second kappa shape index (κ2) is 11.2. The molecule has 5 aromatic rings. The quantitative estimate of drug-likeness (QED) is 0.187. The predicted molar refractivity (Wildman–Crippen MR) is 164 cm³/mol. The van der Waals surface area contributed by atoms with Gasteiger partial charge in [-0.05, 0) is 60.9 Å². The van der Waals surface area contributed by atoms with Crippen molar-refractivity contribution in [1.29, 1.82) is 0 Å². The first-order valence-electron chi connectivity index (χ1n) is 12.4. The molecule has 0 atom stereocenters. The maximum absolute atomic E-state index is 13.2. The largest absolute Gasteiger partial charge is 0.398 e. The lowest BCUT2D eigenvalue weighted by Crippen LogP contribution is -2.13. The first-order valence-corrected chi connectivity index (χ1v) is 12.8. The van der Waals surface area contributed by atoms with Gasteiger partial charge in [-0.3, -0.25) is 9.36 Å². The molecule has 5 rings (SSSR count). The molecule has 8 N–H and O–H groups in total. The molecule has 0 unspecified atom stereocenters. The molecule has 0 radical (unpaired) electrons. The highest BCUT2D eigenvalue weighted by Crippen LogP contribution is 2.38. The number of hydrogen-bond acceptors (Lipinski definition) is 6. The zero-order valence-corrected chi connectivity index (χ0v) is 22.7. The summed E-state index contributed by atoms with van der Waals surface area (Å²) in [6.45, 7) is 1.90. The molecular formula is C32H24ClN7O. The maximum atomic E-state index is 13.2. The van der Waals surface area contributed by atoms with E-state index in [1.54, 1.807) is 47.0 Å². The van der Waals surface area contributed by atoms with Gasteiger partial charge in [0.05, 0.1) is 28.2 Å². The number of amides is 1. The third kappa shape index (κ3) is 5.41. The van der Waals surface area contributed by atoms with Gasteiger partial charge in [-0.1, -0.05) is 53.8 Å². The Morgan fingerprint density at radius 1 is 0.854 bits per heavy atom. The van der Waals surface area contributed by atoms with E-state index in [1.807, 2.05) is 37.3 Å². The highest BCUT2D eigenvalue weighted by molar-refractivity contribution is 6.31. The lowest BCUT2D eigenvalue weighted by molar-refractivity contribution is 0.100. The van der Waals surface area contributed by atoms with Crippen LogP contribution in [0.4, 0.5) is 17.3 Å². The molecule has 8 nitrogen and oxygen atoms in total. The number of nitrogens with two attached hydrogens (primary N) is 4. The molecule has 200 valence electrons. The maximum Gasteiger partial charge on any atom is 0.252 e. The van der Waals surface area contributed by atoms with E-state index in [2.05, 4.69) is 33.8 Å². The lowest BCUT2D eigenvalue weighted by atomic mass is 9.99. The van der Waals surface area contributed by atoms with E-state index in [9.17, 15) is 4.79 Å². The van der Waals surface area contributed by atoms with E-state index in [0.29, 0.717) is 55.7 Å². The van der Waals surface area contributed by atoms with E-state index in [-0.39, 0.29) is 11.5 Å². The van der Waals surface area contributed by atoms with Crippen LogP contribution in [0.5, 0.6) is 0 Å². The van der Waals surface area contributed by atoms with E-state index >= 15 is 0 Å². The lowest BCUT2D eigenvalue weighted by Gasteiger charge is -2.11. The normalized spacial score (nSPS) is 10.3. The molecule has 0 spiro atoms. The summed E-state index contributed by atoms with van der Waals surface area (Å²) >= 11 is 6.43. The number of aryl methyl sites for hydroxylation is 1. The first-order chi connectivity index (χ1) is 19.7. The highest BCUT2D eigenvalue weighted by Gasteiger charge is 2.29. The molecule has 0 saturated heterocycles. The van der Waals surface area contributed by atoms with Gasteiger partial charge in [-0.15, -0.1) is 0 Å².